The van der Waals surface area contributed by atoms with E-state index in [4.69, 9.17) is 4.74 Å². The van der Waals surface area contributed by atoms with E-state index in [1.54, 1.807) is 31.3 Å². The van der Waals surface area contributed by atoms with Gasteiger partial charge in [-0.3, -0.25) is 9.69 Å². The summed E-state index contributed by atoms with van der Waals surface area (Å²) >= 11 is 0. The quantitative estimate of drug-likeness (QED) is 0.207. The summed E-state index contributed by atoms with van der Waals surface area (Å²) in [5.74, 6) is 0.459. The minimum atomic E-state index is -3.60. The smallest absolute Gasteiger partial charge is 0.309 e. The van der Waals surface area contributed by atoms with E-state index in [2.05, 4.69) is 22.3 Å². The number of likely N-dealkylation sites (N-methyl/N-ethyl adjacent to an activating group) is 1. The molecule has 1 heterocycles. The first-order valence-electron chi connectivity index (χ1n) is 16.6. The third-order valence-electron chi connectivity index (χ3n) is 9.60. The Balaban J connectivity index is 1.25. The number of nitrogens with one attached hydrogen (secondary N) is 1. The van der Waals surface area contributed by atoms with Gasteiger partial charge in [0.15, 0.2) is 0 Å². The summed E-state index contributed by atoms with van der Waals surface area (Å²) < 4.78 is 34.1. The standard InChI is InChI=1S/C37H49N3O4S/c1-39(45(42,43)35-20-12-5-13-21-35)28-34(32-18-10-4-11-19-32)23-25-40-24-22-33(37(41)44-29-31-16-8-3-9-17-31)26-36(40)38-27-30-14-6-2-7-15-30/h3-5,8-13,16-21,30,33-34,36,38H,2,6-7,14-15,22-29H2,1H3. The van der Waals surface area contributed by atoms with E-state index < -0.39 is 10.0 Å². The lowest BCUT2D eigenvalue weighted by Gasteiger charge is -2.40. The fourth-order valence-electron chi connectivity index (χ4n) is 6.84. The molecule has 0 aromatic heterocycles. The van der Waals surface area contributed by atoms with Crippen molar-refractivity contribution in [3.05, 3.63) is 102 Å². The first kappa shape index (κ1) is 33.3. The number of ether oxygens (including phenoxy) is 1. The van der Waals surface area contributed by atoms with E-state index in [1.807, 2.05) is 54.6 Å². The number of benzene rings is 3. The number of sulfonamides is 1. The number of carbonyl (C=O) groups is 1. The predicted octanol–water partition coefficient (Wildman–Crippen LogP) is 6.43. The van der Waals surface area contributed by atoms with Crippen LogP contribution in [0.25, 0.3) is 0 Å². The summed E-state index contributed by atoms with van der Waals surface area (Å²) in [6.07, 6.45) is 8.82. The molecular formula is C37H49N3O4S. The lowest BCUT2D eigenvalue weighted by atomic mass is 9.88. The molecule has 8 heteroatoms. The van der Waals surface area contributed by atoms with Gasteiger partial charge in [0.25, 0.3) is 0 Å². The van der Waals surface area contributed by atoms with Gasteiger partial charge in [-0.15, -0.1) is 0 Å². The highest BCUT2D eigenvalue weighted by molar-refractivity contribution is 7.89. The van der Waals surface area contributed by atoms with Crippen molar-refractivity contribution in [1.82, 2.24) is 14.5 Å². The Bertz CT molecular complexity index is 1420. The van der Waals surface area contributed by atoms with Crippen molar-refractivity contribution < 1.29 is 17.9 Å². The summed E-state index contributed by atoms with van der Waals surface area (Å²) in [5.41, 5.74) is 2.14. The van der Waals surface area contributed by atoms with E-state index in [1.165, 1.54) is 36.4 Å². The zero-order chi connectivity index (χ0) is 31.5. The molecule has 3 aromatic rings. The van der Waals surface area contributed by atoms with E-state index in [-0.39, 0.29) is 24.0 Å². The summed E-state index contributed by atoms with van der Waals surface area (Å²) in [4.78, 5) is 16.0. The van der Waals surface area contributed by atoms with Gasteiger partial charge in [-0.2, -0.15) is 0 Å². The molecule has 242 valence electrons. The second-order valence-electron chi connectivity index (χ2n) is 12.8. The molecule has 0 amide bonds. The molecule has 1 aliphatic carbocycles. The molecule has 0 radical (unpaired) electrons. The van der Waals surface area contributed by atoms with Gasteiger partial charge in [0.2, 0.25) is 10.0 Å². The topological polar surface area (TPSA) is 79.0 Å². The minimum absolute atomic E-state index is 0.0299. The van der Waals surface area contributed by atoms with Gasteiger partial charge in [-0.25, -0.2) is 12.7 Å². The molecule has 5 rings (SSSR count). The third kappa shape index (κ3) is 9.49. The number of nitrogens with zero attached hydrogens (tertiary/aromatic N) is 2. The van der Waals surface area contributed by atoms with E-state index in [0.29, 0.717) is 24.0 Å². The van der Waals surface area contributed by atoms with Crippen molar-refractivity contribution in [2.45, 2.75) is 75.0 Å². The van der Waals surface area contributed by atoms with Gasteiger partial charge in [0.05, 0.1) is 17.0 Å². The average Bonchev–Trinajstić information content (AvgIpc) is 3.09. The second-order valence-corrected chi connectivity index (χ2v) is 14.8. The largest absolute Gasteiger partial charge is 0.461 e. The van der Waals surface area contributed by atoms with Gasteiger partial charge < -0.3 is 10.1 Å². The molecule has 3 aromatic carbocycles. The summed E-state index contributed by atoms with van der Waals surface area (Å²) in [6, 6.07) is 28.8. The summed E-state index contributed by atoms with van der Waals surface area (Å²) in [5, 5.41) is 3.86. The number of carbonyl (C=O) groups excluding carboxylic acids is 1. The number of rotatable bonds is 14. The molecule has 3 unspecified atom stereocenters. The maximum absolute atomic E-state index is 13.4. The van der Waals surface area contributed by atoms with Gasteiger partial charge in [-0.05, 0) is 73.7 Å². The Morgan fingerprint density at radius 2 is 1.56 bits per heavy atom. The molecule has 2 fully saturated rings. The molecule has 1 saturated carbocycles. The van der Waals surface area contributed by atoms with E-state index >= 15 is 0 Å². The van der Waals surface area contributed by atoms with Gasteiger partial charge >= 0.3 is 5.97 Å². The molecule has 1 aliphatic heterocycles. The van der Waals surface area contributed by atoms with Crippen LogP contribution >= 0.6 is 0 Å². The van der Waals surface area contributed by atoms with Crippen molar-refractivity contribution in [1.29, 1.82) is 0 Å². The van der Waals surface area contributed by atoms with Crippen molar-refractivity contribution >= 4 is 16.0 Å². The summed E-state index contributed by atoms with van der Waals surface area (Å²) in [7, 11) is -1.92. The molecular weight excluding hydrogens is 582 g/mol. The number of piperidine rings is 1. The maximum atomic E-state index is 13.4. The molecule has 1 N–H and O–H groups in total. The number of esters is 1. The van der Waals surface area contributed by atoms with Crippen molar-refractivity contribution in [2.24, 2.45) is 11.8 Å². The van der Waals surface area contributed by atoms with Crippen molar-refractivity contribution in [2.75, 3.05) is 33.2 Å². The molecule has 3 atom stereocenters. The Hall–Kier alpha value is -3.04. The molecule has 45 heavy (non-hydrogen) atoms. The summed E-state index contributed by atoms with van der Waals surface area (Å²) in [6.45, 7) is 3.27. The number of hydrogen-bond acceptors (Lipinski definition) is 6. The Labute approximate surface area is 270 Å². The Morgan fingerprint density at radius 1 is 0.911 bits per heavy atom. The normalized spacial score (nSPS) is 20.6. The van der Waals surface area contributed by atoms with Crippen LogP contribution < -0.4 is 5.32 Å². The monoisotopic (exact) mass is 631 g/mol. The van der Waals surface area contributed by atoms with Crippen molar-refractivity contribution in [3.63, 3.8) is 0 Å². The zero-order valence-corrected chi connectivity index (χ0v) is 27.4. The van der Waals surface area contributed by atoms with Crippen LogP contribution in [-0.4, -0.2) is 63.0 Å². The van der Waals surface area contributed by atoms with Crippen LogP contribution in [-0.2, 0) is 26.2 Å². The molecule has 0 spiro atoms. The van der Waals surface area contributed by atoms with Gasteiger partial charge in [0, 0.05) is 26.7 Å². The van der Waals surface area contributed by atoms with Crippen LogP contribution in [0.1, 0.15) is 68.4 Å². The van der Waals surface area contributed by atoms with Gasteiger partial charge in [0.1, 0.15) is 6.61 Å². The minimum Gasteiger partial charge on any atom is -0.461 e. The first-order chi connectivity index (χ1) is 21.9. The van der Waals surface area contributed by atoms with Crippen LogP contribution in [0.4, 0.5) is 0 Å². The van der Waals surface area contributed by atoms with Gasteiger partial charge in [-0.1, -0.05) is 98.1 Å². The Kier molecular flexibility index (Phi) is 12.2. The molecule has 2 aliphatic rings. The lowest BCUT2D eigenvalue weighted by molar-refractivity contribution is -0.152. The highest BCUT2D eigenvalue weighted by Crippen LogP contribution is 2.29. The predicted molar refractivity (Wildman–Crippen MR) is 179 cm³/mol. The zero-order valence-electron chi connectivity index (χ0n) is 26.6. The lowest BCUT2D eigenvalue weighted by Crippen LogP contribution is -2.53. The molecule has 1 saturated heterocycles. The first-order valence-corrected chi connectivity index (χ1v) is 18.1. The number of likely N-dealkylation sites (tertiary alicyclic amines) is 1. The molecule has 7 nitrogen and oxygen atoms in total. The second kappa shape index (κ2) is 16.5. The van der Waals surface area contributed by atoms with Crippen molar-refractivity contribution in [3.8, 4) is 0 Å². The maximum Gasteiger partial charge on any atom is 0.309 e. The SMILES string of the molecule is CN(CC(CCN1CCC(C(=O)OCc2ccccc2)CC1NCC1CCCCC1)c1ccccc1)S(=O)(=O)c1ccccc1. The fourth-order valence-corrected chi connectivity index (χ4v) is 8.08. The average molecular weight is 632 g/mol. The van der Waals surface area contributed by atoms with Crippen LogP contribution in [0.15, 0.2) is 95.9 Å². The highest BCUT2D eigenvalue weighted by Gasteiger charge is 2.34. The Morgan fingerprint density at radius 3 is 2.24 bits per heavy atom. The van der Waals surface area contributed by atoms with E-state index in [0.717, 1.165) is 50.0 Å². The van der Waals surface area contributed by atoms with Crippen LogP contribution in [0, 0.1) is 11.8 Å². The van der Waals surface area contributed by atoms with Crippen LogP contribution in [0.3, 0.4) is 0 Å². The van der Waals surface area contributed by atoms with Crippen LogP contribution in [0.5, 0.6) is 0 Å². The molecule has 0 bridgehead atoms. The highest BCUT2D eigenvalue weighted by atomic mass is 32.2. The third-order valence-corrected chi connectivity index (χ3v) is 11.4. The van der Waals surface area contributed by atoms with Crippen LogP contribution in [0.2, 0.25) is 0 Å². The fraction of sp³-hybridized carbons (Fsp3) is 0.486. The number of hydrogen-bond donors (Lipinski definition) is 1. The van der Waals surface area contributed by atoms with E-state index in [9.17, 15) is 13.2 Å².